The van der Waals surface area contributed by atoms with Crippen LogP contribution in [0.25, 0.3) is 0 Å². The van der Waals surface area contributed by atoms with Crippen molar-refractivity contribution in [3.8, 4) is 5.75 Å². The van der Waals surface area contributed by atoms with E-state index in [0.717, 1.165) is 49.7 Å². The fraction of sp³-hybridized carbons (Fsp3) is 0.519. The predicted molar refractivity (Wildman–Crippen MR) is 147 cm³/mol. The number of nitrogens with zero attached hydrogens (tertiary/aromatic N) is 1. The second-order valence-corrected chi connectivity index (χ2v) is 13.7. The van der Waals surface area contributed by atoms with Crippen molar-refractivity contribution in [1.29, 1.82) is 0 Å². The first-order chi connectivity index (χ1) is 17.7. The summed E-state index contributed by atoms with van der Waals surface area (Å²) in [5, 5.41) is 0.541. The standard InChI is InChI=1S/C27H29Cl2FN2O4S.ClH/c28-17-8-18(29)10-21(9-17)36-22-11-19-3-4-20(12-22)32(19)14-16-7-26(30)25(13-24(16)15-1-2-15)27(33)31-37(34,35)23-5-6-23;/h7-10,13,15,19-20,22-23H,1-6,11-12,14H2,(H,31,33);1H/t19-,20+,22-;. The molecule has 38 heavy (non-hydrogen) atoms. The lowest BCUT2D eigenvalue weighted by Crippen LogP contribution is -2.45. The first-order valence-corrected chi connectivity index (χ1v) is 15.2. The Morgan fingerprint density at radius 1 is 0.974 bits per heavy atom. The zero-order chi connectivity index (χ0) is 25.9. The summed E-state index contributed by atoms with van der Waals surface area (Å²) >= 11 is 12.3. The van der Waals surface area contributed by atoms with Crippen molar-refractivity contribution >= 4 is 51.5 Å². The van der Waals surface area contributed by atoms with Crippen LogP contribution in [0.5, 0.6) is 5.75 Å². The third-order valence-corrected chi connectivity index (χ3v) is 10.3. The smallest absolute Gasteiger partial charge is 0.267 e. The molecule has 1 amide bonds. The van der Waals surface area contributed by atoms with Crippen molar-refractivity contribution in [1.82, 2.24) is 9.62 Å². The number of hydrogen-bond donors (Lipinski definition) is 1. The van der Waals surface area contributed by atoms with Gasteiger partial charge in [-0.1, -0.05) is 23.2 Å². The van der Waals surface area contributed by atoms with Gasteiger partial charge in [-0.25, -0.2) is 17.5 Å². The van der Waals surface area contributed by atoms with E-state index in [1.54, 1.807) is 24.3 Å². The van der Waals surface area contributed by atoms with Crippen LogP contribution in [0.4, 0.5) is 4.39 Å². The number of halogens is 4. The van der Waals surface area contributed by atoms with Gasteiger partial charge in [0, 0.05) is 28.7 Å². The molecule has 0 radical (unpaired) electrons. The van der Waals surface area contributed by atoms with Crippen molar-refractivity contribution in [3.05, 3.63) is 62.9 Å². The molecule has 2 aliphatic heterocycles. The van der Waals surface area contributed by atoms with E-state index in [-0.39, 0.29) is 30.0 Å². The third kappa shape index (κ3) is 5.94. The van der Waals surface area contributed by atoms with Crippen LogP contribution in [0, 0.1) is 5.82 Å². The van der Waals surface area contributed by atoms with E-state index < -0.39 is 27.0 Å². The molecule has 2 saturated heterocycles. The van der Waals surface area contributed by atoms with E-state index in [2.05, 4.69) is 9.62 Å². The van der Waals surface area contributed by atoms with Gasteiger partial charge >= 0.3 is 0 Å². The first kappa shape index (κ1) is 28.0. The highest BCUT2D eigenvalue weighted by atomic mass is 35.5. The molecule has 6 nitrogen and oxygen atoms in total. The van der Waals surface area contributed by atoms with Gasteiger partial charge in [0.25, 0.3) is 5.91 Å². The molecule has 0 spiro atoms. The van der Waals surface area contributed by atoms with Gasteiger partial charge in [0.15, 0.2) is 0 Å². The second-order valence-electron chi connectivity index (χ2n) is 10.9. The average Bonchev–Trinajstić information content (AvgIpc) is 3.71. The zero-order valence-corrected chi connectivity index (χ0v) is 23.8. The van der Waals surface area contributed by atoms with Crippen molar-refractivity contribution in [2.45, 2.75) is 87.3 Å². The molecule has 2 heterocycles. The Balaban J connectivity index is 0.00000294. The number of amides is 1. The number of rotatable bonds is 8. The summed E-state index contributed by atoms with van der Waals surface area (Å²) in [4.78, 5) is 15.1. The van der Waals surface area contributed by atoms with Crippen LogP contribution >= 0.6 is 35.6 Å². The van der Waals surface area contributed by atoms with Gasteiger partial charge in [0.05, 0.1) is 10.8 Å². The quantitative estimate of drug-likeness (QED) is 0.387. The number of hydrogen-bond acceptors (Lipinski definition) is 5. The van der Waals surface area contributed by atoms with Crippen LogP contribution in [0.1, 0.15) is 78.8 Å². The van der Waals surface area contributed by atoms with Crippen LogP contribution in [0.15, 0.2) is 30.3 Å². The van der Waals surface area contributed by atoms with Gasteiger partial charge in [0.1, 0.15) is 17.7 Å². The zero-order valence-electron chi connectivity index (χ0n) is 20.7. The molecule has 2 aromatic rings. The SMILES string of the molecule is Cl.O=C(NS(=O)(=O)C1CC1)c1cc(C2CC2)c(CN2[C@@H]3CC[C@H]2C[C@H](Oc2cc(Cl)cc(Cl)c2)C3)cc1F. The normalized spacial score (nSPS) is 25.1. The predicted octanol–water partition coefficient (Wildman–Crippen LogP) is 6.23. The molecule has 2 aromatic carbocycles. The number of carbonyl (C=O) groups is 1. The molecule has 1 N–H and O–H groups in total. The third-order valence-electron chi connectivity index (χ3n) is 8.02. The van der Waals surface area contributed by atoms with Crippen LogP contribution in [-0.4, -0.2) is 42.7 Å². The monoisotopic (exact) mass is 602 g/mol. The van der Waals surface area contributed by atoms with Gasteiger partial charge in [0.2, 0.25) is 10.0 Å². The number of carbonyl (C=O) groups excluding carboxylic acids is 1. The van der Waals surface area contributed by atoms with Crippen LogP contribution in [0.3, 0.4) is 0 Å². The van der Waals surface area contributed by atoms with Crippen molar-refractivity contribution < 1.29 is 22.3 Å². The van der Waals surface area contributed by atoms with Crippen LogP contribution in [-0.2, 0) is 16.6 Å². The van der Waals surface area contributed by atoms with Crippen LogP contribution < -0.4 is 9.46 Å². The Hall–Kier alpha value is -1.58. The summed E-state index contributed by atoms with van der Waals surface area (Å²) in [5.41, 5.74) is 1.66. The fourth-order valence-electron chi connectivity index (χ4n) is 5.93. The van der Waals surface area contributed by atoms with E-state index in [0.29, 0.717) is 47.3 Å². The van der Waals surface area contributed by atoms with Gasteiger partial charge < -0.3 is 4.74 Å². The lowest BCUT2D eigenvalue weighted by atomic mass is 9.95. The molecular formula is C27H30Cl3FN2O4S. The Bertz CT molecular complexity index is 1320. The van der Waals surface area contributed by atoms with Gasteiger partial charge in [-0.2, -0.15) is 0 Å². The highest BCUT2D eigenvalue weighted by molar-refractivity contribution is 7.91. The summed E-state index contributed by atoms with van der Waals surface area (Å²) < 4.78 is 47.9. The summed E-state index contributed by atoms with van der Waals surface area (Å²) in [6.07, 6.45) is 6.95. The minimum absolute atomic E-state index is 0. The summed E-state index contributed by atoms with van der Waals surface area (Å²) in [7, 11) is -3.74. The Morgan fingerprint density at radius 2 is 1.61 bits per heavy atom. The van der Waals surface area contributed by atoms with Gasteiger partial charge in [-0.15, -0.1) is 12.4 Å². The van der Waals surface area contributed by atoms with E-state index in [4.69, 9.17) is 27.9 Å². The van der Waals surface area contributed by atoms with E-state index in [1.807, 2.05) is 0 Å². The largest absolute Gasteiger partial charge is 0.490 e. The highest BCUT2D eigenvalue weighted by Crippen LogP contribution is 2.45. The summed E-state index contributed by atoms with van der Waals surface area (Å²) in [6.45, 7) is 0.607. The lowest BCUT2D eigenvalue weighted by molar-refractivity contribution is 0.0443. The van der Waals surface area contributed by atoms with Gasteiger partial charge in [-0.3, -0.25) is 9.69 Å². The van der Waals surface area contributed by atoms with Crippen molar-refractivity contribution in [2.75, 3.05) is 0 Å². The molecule has 4 fully saturated rings. The topological polar surface area (TPSA) is 75.7 Å². The first-order valence-electron chi connectivity index (χ1n) is 12.9. The number of benzene rings is 2. The van der Waals surface area contributed by atoms with Crippen molar-refractivity contribution in [2.24, 2.45) is 0 Å². The van der Waals surface area contributed by atoms with Crippen LogP contribution in [0.2, 0.25) is 10.0 Å². The highest BCUT2D eigenvalue weighted by Gasteiger charge is 2.42. The summed E-state index contributed by atoms with van der Waals surface area (Å²) in [5.74, 6) is -0.595. The van der Waals surface area contributed by atoms with E-state index >= 15 is 4.39 Å². The molecule has 3 atom stereocenters. The molecule has 0 aromatic heterocycles. The molecule has 11 heteroatoms. The minimum Gasteiger partial charge on any atom is -0.490 e. The number of fused-ring (bicyclic) bond motifs is 2. The molecular weight excluding hydrogens is 574 g/mol. The molecule has 0 unspecified atom stereocenters. The molecule has 206 valence electrons. The average molecular weight is 604 g/mol. The van der Waals surface area contributed by atoms with E-state index in [1.165, 1.54) is 6.07 Å². The molecule has 2 aliphatic carbocycles. The lowest BCUT2D eigenvalue weighted by Gasteiger charge is -2.39. The number of ether oxygens (including phenoxy) is 1. The minimum atomic E-state index is -3.74. The van der Waals surface area contributed by atoms with Crippen molar-refractivity contribution in [3.63, 3.8) is 0 Å². The molecule has 2 bridgehead atoms. The maximum absolute atomic E-state index is 15.2. The molecule has 4 aliphatic rings. The maximum atomic E-state index is 15.2. The fourth-order valence-corrected chi connectivity index (χ4v) is 7.72. The summed E-state index contributed by atoms with van der Waals surface area (Å²) in [6, 6.07) is 8.91. The number of piperidine rings is 1. The number of sulfonamides is 1. The number of nitrogens with one attached hydrogen (secondary N) is 1. The molecule has 6 rings (SSSR count). The molecule has 2 saturated carbocycles. The van der Waals surface area contributed by atoms with Gasteiger partial charge in [-0.05, 0) is 98.7 Å². The Morgan fingerprint density at radius 3 is 2.18 bits per heavy atom. The maximum Gasteiger partial charge on any atom is 0.267 e. The van der Waals surface area contributed by atoms with E-state index in [9.17, 15) is 13.2 Å². The Kier molecular flexibility index (Phi) is 7.93. The Labute approximate surface area is 238 Å². The second kappa shape index (κ2) is 10.8.